The van der Waals surface area contributed by atoms with Crippen molar-refractivity contribution in [2.75, 3.05) is 5.32 Å². The van der Waals surface area contributed by atoms with Gasteiger partial charge in [-0.05, 0) is 32.0 Å². The Kier molecular flexibility index (Phi) is 6.96. The van der Waals surface area contributed by atoms with E-state index in [2.05, 4.69) is 10.6 Å². The maximum Gasteiger partial charge on any atom is 0.329 e. The summed E-state index contributed by atoms with van der Waals surface area (Å²) in [6.45, 7) is 2.63. The largest absolute Gasteiger partial charge is 0.451 e. The highest BCUT2D eigenvalue weighted by Crippen LogP contribution is 2.14. The third-order valence-corrected chi connectivity index (χ3v) is 3.81. The second-order valence-electron chi connectivity index (χ2n) is 6.05. The lowest BCUT2D eigenvalue weighted by atomic mass is 10.2. The first-order valence-corrected chi connectivity index (χ1v) is 8.50. The number of nitro benzene ring substituents is 1. The molecule has 0 spiro atoms. The lowest BCUT2D eigenvalue weighted by Gasteiger charge is -2.17. The number of ether oxygens (including phenoxy) is 1. The molecule has 2 aromatic rings. The van der Waals surface area contributed by atoms with Gasteiger partial charge in [-0.25, -0.2) is 9.18 Å². The van der Waals surface area contributed by atoms with Crippen LogP contribution in [0.4, 0.5) is 15.8 Å². The predicted octanol–water partition coefficient (Wildman–Crippen LogP) is 2.42. The van der Waals surface area contributed by atoms with Crippen molar-refractivity contribution in [2.24, 2.45) is 0 Å². The monoisotopic (exact) mass is 403 g/mol. The number of carbonyl (C=O) groups excluding carboxylic acids is 3. The van der Waals surface area contributed by atoms with Crippen molar-refractivity contribution in [1.82, 2.24) is 5.32 Å². The van der Waals surface area contributed by atoms with Gasteiger partial charge in [-0.1, -0.05) is 18.2 Å². The molecule has 2 amide bonds. The van der Waals surface area contributed by atoms with Crippen LogP contribution in [0, 0.1) is 15.9 Å². The van der Waals surface area contributed by atoms with Crippen LogP contribution in [0.5, 0.6) is 0 Å². The molecule has 2 N–H and O–H groups in total. The van der Waals surface area contributed by atoms with Crippen molar-refractivity contribution in [3.8, 4) is 0 Å². The van der Waals surface area contributed by atoms with Crippen LogP contribution in [0.2, 0.25) is 0 Å². The number of amides is 2. The van der Waals surface area contributed by atoms with E-state index in [0.717, 1.165) is 12.1 Å². The summed E-state index contributed by atoms with van der Waals surface area (Å²) >= 11 is 0. The van der Waals surface area contributed by atoms with Gasteiger partial charge in [-0.15, -0.1) is 0 Å². The van der Waals surface area contributed by atoms with Crippen molar-refractivity contribution in [3.63, 3.8) is 0 Å². The molecule has 0 fully saturated rings. The Labute approximate surface area is 165 Å². The first-order valence-electron chi connectivity index (χ1n) is 8.50. The molecule has 2 aromatic carbocycles. The minimum Gasteiger partial charge on any atom is -0.451 e. The summed E-state index contributed by atoms with van der Waals surface area (Å²) in [5, 5.41) is 15.4. The zero-order valence-electron chi connectivity index (χ0n) is 15.5. The van der Waals surface area contributed by atoms with Gasteiger partial charge in [0.15, 0.2) is 6.10 Å². The van der Waals surface area contributed by atoms with E-state index in [9.17, 15) is 28.9 Å². The molecule has 2 rings (SSSR count). The number of rotatable bonds is 7. The van der Waals surface area contributed by atoms with Crippen molar-refractivity contribution in [3.05, 3.63) is 70.0 Å². The standard InChI is InChI=1S/C19H18FN3O6/c1-11(21-18(25)13-6-5-7-14(10-13)23(27)28)19(26)29-12(2)17(24)22-16-9-4-3-8-15(16)20/h3-12H,1-2H3,(H,21,25)(H,22,24). The van der Waals surface area contributed by atoms with Crippen LogP contribution in [0.25, 0.3) is 0 Å². The van der Waals surface area contributed by atoms with Gasteiger partial charge < -0.3 is 15.4 Å². The Hall–Kier alpha value is -3.82. The highest BCUT2D eigenvalue weighted by molar-refractivity contribution is 5.98. The fourth-order valence-corrected chi connectivity index (χ4v) is 2.23. The summed E-state index contributed by atoms with van der Waals surface area (Å²) in [7, 11) is 0. The SMILES string of the molecule is CC(NC(=O)c1cccc([N+](=O)[O-])c1)C(=O)OC(C)C(=O)Nc1ccccc1F. The van der Waals surface area contributed by atoms with Crippen molar-refractivity contribution in [1.29, 1.82) is 0 Å². The van der Waals surface area contributed by atoms with E-state index in [1.165, 1.54) is 50.2 Å². The quantitative estimate of drug-likeness (QED) is 0.415. The first kappa shape index (κ1) is 21.5. The van der Waals surface area contributed by atoms with E-state index in [4.69, 9.17) is 4.74 Å². The second-order valence-corrected chi connectivity index (χ2v) is 6.05. The number of para-hydroxylation sites is 1. The molecular formula is C19H18FN3O6. The Morgan fingerprint density at radius 3 is 2.45 bits per heavy atom. The van der Waals surface area contributed by atoms with E-state index >= 15 is 0 Å². The maximum atomic E-state index is 13.6. The van der Waals surface area contributed by atoms with Crippen LogP contribution in [-0.2, 0) is 14.3 Å². The van der Waals surface area contributed by atoms with Crippen LogP contribution in [0.15, 0.2) is 48.5 Å². The van der Waals surface area contributed by atoms with Crippen LogP contribution in [-0.4, -0.2) is 34.9 Å². The molecule has 29 heavy (non-hydrogen) atoms. The number of nitro groups is 1. The fourth-order valence-electron chi connectivity index (χ4n) is 2.23. The number of benzene rings is 2. The molecule has 9 nitrogen and oxygen atoms in total. The van der Waals surface area contributed by atoms with E-state index in [0.29, 0.717) is 0 Å². The zero-order chi connectivity index (χ0) is 21.6. The van der Waals surface area contributed by atoms with Gasteiger partial charge in [0.2, 0.25) is 0 Å². The molecule has 0 saturated carbocycles. The topological polar surface area (TPSA) is 128 Å². The van der Waals surface area contributed by atoms with Gasteiger partial charge in [0, 0.05) is 17.7 Å². The van der Waals surface area contributed by atoms with Gasteiger partial charge in [0.25, 0.3) is 17.5 Å². The summed E-state index contributed by atoms with van der Waals surface area (Å²) < 4.78 is 18.6. The van der Waals surface area contributed by atoms with Gasteiger partial charge >= 0.3 is 5.97 Å². The second kappa shape index (κ2) is 9.40. The summed E-state index contributed by atoms with van der Waals surface area (Å²) in [4.78, 5) is 46.5. The van der Waals surface area contributed by atoms with Crippen molar-refractivity contribution >= 4 is 29.2 Å². The van der Waals surface area contributed by atoms with Crippen LogP contribution in [0.1, 0.15) is 24.2 Å². The number of esters is 1. The van der Waals surface area contributed by atoms with Crippen LogP contribution < -0.4 is 10.6 Å². The number of nitrogens with one attached hydrogen (secondary N) is 2. The van der Waals surface area contributed by atoms with E-state index in [1.807, 2.05) is 0 Å². The van der Waals surface area contributed by atoms with Gasteiger partial charge in [0.05, 0.1) is 10.6 Å². The van der Waals surface area contributed by atoms with Gasteiger partial charge in [-0.3, -0.25) is 19.7 Å². The summed E-state index contributed by atoms with van der Waals surface area (Å²) in [5.74, 6) is -3.01. The molecule has 0 heterocycles. The predicted molar refractivity (Wildman–Crippen MR) is 101 cm³/mol. The smallest absolute Gasteiger partial charge is 0.329 e. The molecular weight excluding hydrogens is 385 g/mol. The lowest BCUT2D eigenvalue weighted by molar-refractivity contribution is -0.384. The molecule has 0 aliphatic carbocycles. The average Bonchev–Trinajstić information content (AvgIpc) is 2.69. The van der Waals surface area contributed by atoms with Crippen LogP contribution >= 0.6 is 0 Å². The molecule has 0 radical (unpaired) electrons. The molecule has 0 saturated heterocycles. The number of non-ortho nitro benzene ring substituents is 1. The number of halogens is 1. The molecule has 0 bridgehead atoms. The van der Waals surface area contributed by atoms with Gasteiger partial charge in [0.1, 0.15) is 11.9 Å². The number of hydrogen-bond donors (Lipinski definition) is 2. The Morgan fingerprint density at radius 1 is 1.10 bits per heavy atom. The Balaban J connectivity index is 1.93. The van der Waals surface area contributed by atoms with E-state index in [-0.39, 0.29) is 16.9 Å². The maximum absolute atomic E-state index is 13.6. The van der Waals surface area contributed by atoms with Crippen molar-refractivity contribution < 1.29 is 28.4 Å². The number of hydrogen-bond acceptors (Lipinski definition) is 6. The molecule has 0 aliphatic rings. The molecule has 0 aromatic heterocycles. The fraction of sp³-hybridized carbons (Fsp3) is 0.211. The highest BCUT2D eigenvalue weighted by Gasteiger charge is 2.24. The lowest BCUT2D eigenvalue weighted by Crippen LogP contribution is -2.42. The minimum atomic E-state index is -1.25. The molecule has 0 aliphatic heterocycles. The average molecular weight is 403 g/mol. The normalized spacial score (nSPS) is 12.4. The summed E-state index contributed by atoms with van der Waals surface area (Å²) in [6, 6.07) is 9.35. The van der Waals surface area contributed by atoms with E-state index < -0.39 is 40.7 Å². The molecule has 2 atom stereocenters. The summed E-state index contributed by atoms with van der Waals surface area (Å²) in [5.41, 5.74) is -0.345. The van der Waals surface area contributed by atoms with Crippen molar-refractivity contribution in [2.45, 2.75) is 26.0 Å². The number of anilines is 1. The molecule has 152 valence electrons. The summed E-state index contributed by atoms with van der Waals surface area (Å²) in [6.07, 6.45) is -1.25. The molecule has 2 unspecified atom stereocenters. The molecule has 10 heteroatoms. The number of nitrogens with zero attached hydrogens (tertiary/aromatic N) is 1. The zero-order valence-corrected chi connectivity index (χ0v) is 15.5. The highest BCUT2D eigenvalue weighted by atomic mass is 19.1. The third-order valence-electron chi connectivity index (χ3n) is 3.81. The first-order chi connectivity index (χ1) is 13.7. The van der Waals surface area contributed by atoms with Crippen LogP contribution in [0.3, 0.4) is 0 Å². The Morgan fingerprint density at radius 2 is 1.79 bits per heavy atom. The Bertz CT molecular complexity index is 949. The van der Waals surface area contributed by atoms with E-state index in [1.54, 1.807) is 0 Å². The minimum absolute atomic E-state index is 0.0100. The van der Waals surface area contributed by atoms with Gasteiger partial charge in [-0.2, -0.15) is 0 Å². The third kappa shape index (κ3) is 5.83. The number of carbonyl (C=O) groups is 3.